The molecule has 0 aromatic rings. The Morgan fingerprint density at radius 1 is 0.857 bits per heavy atom. The highest BCUT2D eigenvalue weighted by Crippen LogP contribution is 2.33. The summed E-state index contributed by atoms with van der Waals surface area (Å²) in [6, 6.07) is 1.56. The molecule has 3 atom stereocenters. The fraction of sp³-hybridized carbons (Fsp3) is 1.00. The second-order valence-electron chi connectivity index (χ2n) is 7.81. The molecule has 0 spiro atoms. The average molecular weight is 295 g/mol. The lowest BCUT2D eigenvalue weighted by Gasteiger charge is -2.46. The van der Waals surface area contributed by atoms with Crippen LogP contribution >= 0.6 is 0 Å². The Morgan fingerprint density at radius 3 is 1.95 bits per heavy atom. The number of likely N-dealkylation sites (tertiary alicyclic amines) is 1. The molecule has 2 aliphatic rings. The number of fused-ring (bicyclic) bond motifs is 2. The number of rotatable bonds is 10. The fourth-order valence-electron chi connectivity index (χ4n) is 4.37. The van der Waals surface area contributed by atoms with E-state index in [0.717, 1.165) is 12.1 Å². The van der Waals surface area contributed by atoms with Gasteiger partial charge in [-0.05, 0) is 32.6 Å². The zero-order chi connectivity index (χ0) is 15.1. The molecule has 0 aromatic heterocycles. The van der Waals surface area contributed by atoms with Crippen LogP contribution < -0.4 is 5.32 Å². The van der Waals surface area contributed by atoms with Crippen LogP contribution in [0.1, 0.15) is 91.4 Å². The van der Waals surface area contributed by atoms with Gasteiger partial charge in [0.15, 0.2) is 0 Å². The molecule has 3 unspecified atom stereocenters. The van der Waals surface area contributed by atoms with Gasteiger partial charge in [0, 0.05) is 30.7 Å². The molecule has 2 heteroatoms. The SMILES string of the molecule is CCCCCCC(C)(CCCCC)N1CC2CCC(C1)N2. The van der Waals surface area contributed by atoms with Crippen LogP contribution in [-0.4, -0.2) is 35.6 Å². The third-order valence-corrected chi connectivity index (χ3v) is 5.87. The first-order valence-electron chi connectivity index (χ1n) is 9.69. The summed E-state index contributed by atoms with van der Waals surface area (Å²) in [5, 5.41) is 3.79. The van der Waals surface area contributed by atoms with Crippen LogP contribution in [0.15, 0.2) is 0 Å². The molecule has 2 rings (SSSR count). The van der Waals surface area contributed by atoms with Gasteiger partial charge in [-0.3, -0.25) is 4.90 Å². The van der Waals surface area contributed by atoms with Gasteiger partial charge in [0.1, 0.15) is 0 Å². The number of unbranched alkanes of at least 4 members (excludes halogenated alkanes) is 5. The molecule has 2 fully saturated rings. The quantitative estimate of drug-likeness (QED) is 0.586. The number of nitrogens with zero attached hydrogens (tertiary/aromatic N) is 1. The predicted octanol–water partition coefficient (Wildman–Crippen LogP) is 4.73. The fourth-order valence-corrected chi connectivity index (χ4v) is 4.37. The van der Waals surface area contributed by atoms with Crippen LogP contribution in [-0.2, 0) is 0 Å². The van der Waals surface area contributed by atoms with Crippen molar-refractivity contribution in [1.82, 2.24) is 10.2 Å². The molecular formula is C19H38N2. The van der Waals surface area contributed by atoms with Gasteiger partial charge in [0.2, 0.25) is 0 Å². The van der Waals surface area contributed by atoms with Crippen molar-refractivity contribution in [2.45, 2.75) is 109 Å². The van der Waals surface area contributed by atoms with Crippen LogP contribution in [0.2, 0.25) is 0 Å². The lowest BCUT2D eigenvalue weighted by Crippen LogP contribution is -2.59. The Balaban J connectivity index is 1.89. The van der Waals surface area contributed by atoms with E-state index in [4.69, 9.17) is 0 Å². The molecule has 2 aliphatic heterocycles. The maximum Gasteiger partial charge on any atom is 0.0198 e. The minimum atomic E-state index is 0.464. The summed E-state index contributed by atoms with van der Waals surface area (Å²) in [4.78, 5) is 2.87. The van der Waals surface area contributed by atoms with E-state index in [9.17, 15) is 0 Å². The van der Waals surface area contributed by atoms with E-state index in [1.807, 2.05) is 0 Å². The molecule has 1 N–H and O–H groups in total. The van der Waals surface area contributed by atoms with Gasteiger partial charge in [-0.1, -0.05) is 58.8 Å². The average Bonchev–Trinajstić information content (AvgIpc) is 2.82. The van der Waals surface area contributed by atoms with Crippen molar-refractivity contribution in [3.63, 3.8) is 0 Å². The van der Waals surface area contributed by atoms with Crippen LogP contribution in [0.3, 0.4) is 0 Å². The number of hydrogen-bond acceptors (Lipinski definition) is 2. The first-order valence-corrected chi connectivity index (χ1v) is 9.69. The maximum absolute atomic E-state index is 3.79. The molecular weight excluding hydrogens is 256 g/mol. The van der Waals surface area contributed by atoms with Gasteiger partial charge in [0.05, 0.1) is 0 Å². The number of hydrogen-bond donors (Lipinski definition) is 1. The van der Waals surface area contributed by atoms with Crippen molar-refractivity contribution >= 4 is 0 Å². The summed E-state index contributed by atoms with van der Waals surface area (Å²) in [6.45, 7) is 9.80. The molecule has 2 saturated heterocycles. The Bertz CT molecular complexity index is 279. The molecule has 0 amide bonds. The van der Waals surface area contributed by atoms with Crippen LogP contribution in [0.25, 0.3) is 0 Å². The number of nitrogens with one attached hydrogen (secondary N) is 1. The first-order chi connectivity index (χ1) is 10.2. The Labute approximate surface area is 133 Å². The standard InChI is InChI=1S/C19H38N2/c1-4-6-8-10-14-19(3,13-9-7-5-2)21-15-17-11-12-18(16-21)20-17/h17-18,20H,4-16H2,1-3H3. The highest BCUT2D eigenvalue weighted by Gasteiger charge is 2.39. The van der Waals surface area contributed by atoms with Crippen molar-refractivity contribution < 1.29 is 0 Å². The van der Waals surface area contributed by atoms with Gasteiger partial charge in [0.25, 0.3) is 0 Å². The van der Waals surface area contributed by atoms with Gasteiger partial charge in [-0.25, -0.2) is 0 Å². The van der Waals surface area contributed by atoms with Crippen LogP contribution in [0.5, 0.6) is 0 Å². The zero-order valence-corrected chi connectivity index (χ0v) is 14.8. The maximum atomic E-state index is 3.79. The Morgan fingerprint density at radius 2 is 1.38 bits per heavy atom. The lowest BCUT2D eigenvalue weighted by molar-refractivity contribution is 0.0480. The van der Waals surface area contributed by atoms with Gasteiger partial charge < -0.3 is 5.32 Å². The van der Waals surface area contributed by atoms with Crippen molar-refractivity contribution in [1.29, 1.82) is 0 Å². The molecule has 0 radical (unpaired) electrons. The minimum Gasteiger partial charge on any atom is -0.309 e. The topological polar surface area (TPSA) is 15.3 Å². The van der Waals surface area contributed by atoms with E-state index in [-0.39, 0.29) is 0 Å². The van der Waals surface area contributed by atoms with Crippen LogP contribution in [0, 0.1) is 0 Å². The summed E-state index contributed by atoms with van der Waals surface area (Å²) in [7, 11) is 0. The van der Waals surface area contributed by atoms with E-state index < -0.39 is 0 Å². The smallest absolute Gasteiger partial charge is 0.0198 e. The van der Waals surface area contributed by atoms with E-state index in [2.05, 4.69) is 31.0 Å². The van der Waals surface area contributed by atoms with E-state index >= 15 is 0 Å². The molecule has 0 saturated carbocycles. The van der Waals surface area contributed by atoms with Gasteiger partial charge in [-0.2, -0.15) is 0 Å². The van der Waals surface area contributed by atoms with Gasteiger partial charge in [-0.15, -0.1) is 0 Å². The van der Waals surface area contributed by atoms with Gasteiger partial charge >= 0.3 is 0 Å². The Kier molecular flexibility index (Phi) is 7.01. The zero-order valence-electron chi connectivity index (χ0n) is 14.8. The molecule has 21 heavy (non-hydrogen) atoms. The van der Waals surface area contributed by atoms with Crippen molar-refractivity contribution in [2.24, 2.45) is 0 Å². The third kappa shape index (κ3) is 4.96. The summed E-state index contributed by atoms with van der Waals surface area (Å²) < 4.78 is 0. The van der Waals surface area contributed by atoms with Crippen molar-refractivity contribution in [3.05, 3.63) is 0 Å². The third-order valence-electron chi connectivity index (χ3n) is 5.87. The second kappa shape index (κ2) is 8.53. The summed E-state index contributed by atoms with van der Waals surface area (Å²) in [6.07, 6.45) is 15.4. The molecule has 2 heterocycles. The molecule has 0 aliphatic carbocycles. The van der Waals surface area contributed by atoms with Crippen molar-refractivity contribution in [3.8, 4) is 0 Å². The monoisotopic (exact) mass is 294 g/mol. The second-order valence-corrected chi connectivity index (χ2v) is 7.81. The largest absolute Gasteiger partial charge is 0.309 e. The summed E-state index contributed by atoms with van der Waals surface area (Å²) in [5.41, 5.74) is 0.464. The Hall–Kier alpha value is -0.0800. The highest BCUT2D eigenvalue weighted by molar-refractivity contribution is 4.98. The van der Waals surface area contributed by atoms with E-state index in [1.165, 1.54) is 83.7 Å². The minimum absolute atomic E-state index is 0.464. The molecule has 2 bridgehead atoms. The molecule has 124 valence electrons. The summed E-state index contributed by atoms with van der Waals surface area (Å²) >= 11 is 0. The van der Waals surface area contributed by atoms with E-state index in [0.29, 0.717) is 5.54 Å². The lowest BCUT2D eigenvalue weighted by atomic mass is 9.85. The molecule has 0 aromatic carbocycles. The normalized spacial score (nSPS) is 28.7. The first kappa shape index (κ1) is 17.3. The highest BCUT2D eigenvalue weighted by atomic mass is 15.3. The van der Waals surface area contributed by atoms with E-state index in [1.54, 1.807) is 0 Å². The van der Waals surface area contributed by atoms with Crippen molar-refractivity contribution in [2.75, 3.05) is 13.1 Å². The molecule has 2 nitrogen and oxygen atoms in total. The predicted molar refractivity (Wildman–Crippen MR) is 92.8 cm³/mol. The van der Waals surface area contributed by atoms with Crippen LogP contribution in [0.4, 0.5) is 0 Å². The summed E-state index contributed by atoms with van der Waals surface area (Å²) in [5.74, 6) is 0. The number of piperazine rings is 1.